The lowest BCUT2D eigenvalue weighted by Crippen LogP contribution is -2.14. The number of rotatable bonds is 6. The number of aromatic hydroxyl groups is 1. The molecule has 3 N–H and O–H groups in total. The average molecular weight is 399 g/mol. The zero-order valence-corrected chi connectivity index (χ0v) is 15.6. The molecule has 0 spiro atoms. The molecule has 0 saturated carbocycles. The molecule has 3 aromatic carbocycles. The van der Waals surface area contributed by atoms with Crippen molar-refractivity contribution in [3.63, 3.8) is 0 Å². The fourth-order valence-corrected chi connectivity index (χ4v) is 3.93. The molecule has 0 radical (unpaired) electrons. The van der Waals surface area contributed by atoms with Gasteiger partial charge in [-0.1, -0.05) is 36.4 Å². The number of sulfonamides is 1. The minimum absolute atomic E-state index is 0.0228. The molecule has 0 atom stereocenters. The van der Waals surface area contributed by atoms with Gasteiger partial charge in [-0.2, -0.15) is 0 Å². The van der Waals surface area contributed by atoms with E-state index < -0.39 is 21.7 Å². The number of anilines is 1. The van der Waals surface area contributed by atoms with Crippen molar-refractivity contribution in [3.05, 3.63) is 72.3 Å². The summed E-state index contributed by atoms with van der Waals surface area (Å²) < 4.78 is 33.3. The zero-order chi connectivity index (χ0) is 20.3. The minimum atomic E-state index is -4.07. The fourth-order valence-electron chi connectivity index (χ4n) is 2.68. The van der Waals surface area contributed by atoms with Crippen molar-refractivity contribution in [2.75, 3.05) is 11.8 Å². The number of benzene rings is 3. The van der Waals surface area contributed by atoms with Crippen LogP contribution in [0.25, 0.3) is 11.1 Å². The van der Waals surface area contributed by atoms with Crippen molar-refractivity contribution in [2.24, 2.45) is 0 Å². The van der Waals surface area contributed by atoms with E-state index in [0.29, 0.717) is 5.56 Å². The van der Waals surface area contributed by atoms with Crippen LogP contribution in [-0.4, -0.2) is 31.7 Å². The summed E-state index contributed by atoms with van der Waals surface area (Å²) in [5.74, 6) is -1.71. The Bertz CT molecular complexity index is 1130. The molecular formula is C20H17NO6S. The number of methoxy groups -OCH3 is 1. The highest BCUT2D eigenvalue weighted by atomic mass is 32.2. The van der Waals surface area contributed by atoms with E-state index >= 15 is 0 Å². The van der Waals surface area contributed by atoms with Gasteiger partial charge in [-0.3, -0.25) is 4.72 Å². The molecule has 0 unspecified atom stereocenters. The summed E-state index contributed by atoms with van der Waals surface area (Å²) in [6.07, 6.45) is 0. The lowest BCUT2D eigenvalue weighted by atomic mass is 10.1. The molecule has 0 fully saturated rings. The number of carboxylic acid groups (broad SMARTS) is 1. The molecule has 28 heavy (non-hydrogen) atoms. The van der Waals surface area contributed by atoms with E-state index in [0.717, 1.165) is 17.7 Å². The summed E-state index contributed by atoms with van der Waals surface area (Å²) in [6.45, 7) is 0. The van der Waals surface area contributed by atoms with Crippen LogP contribution in [0.4, 0.5) is 5.69 Å². The summed E-state index contributed by atoms with van der Waals surface area (Å²) in [5.41, 5.74) is 1.22. The first-order valence-corrected chi connectivity index (χ1v) is 9.63. The van der Waals surface area contributed by atoms with Crippen LogP contribution in [0.1, 0.15) is 10.4 Å². The maximum absolute atomic E-state index is 12.9. The van der Waals surface area contributed by atoms with Crippen molar-refractivity contribution in [3.8, 4) is 22.6 Å². The van der Waals surface area contributed by atoms with Gasteiger partial charge >= 0.3 is 5.97 Å². The standard InChI is InChI=1S/C20H17NO6S/c1-27-18-10-7-14(13-5-3-2-4-6-13)11-19(18)28(25,26)21-15-8-9-16(20(23)24)17(22)12-15/h2-12,21-22H,1H3,(H,23,24). The van der Waals surface area contributed by atoms with Crippen LogP contribution in [0.5, 0.6) is 11.5 Å². The van der Waals surface area contributed by atoms with E-state index in [2.05, 4.69) is 4.72 Å². The third-order valence-electron chi connectivity index (χ3n) is 4.04. The summed E-state index contributed by atoms with van der Waals surface area (Å²) in [7, 11) is -2.70. The number of carbonyl (C=O) groups is 1. The van der Waals surface area contributed by atoms with Gasteiger partial charge < -0.3 is 14.9 Å². The first-order valence-electron chi connectivity index (χ1n) is 8.14. The minimum Gasteiger partial charge on any atom is -0.507 e. The van der Waals surface area contributed by atoms with Gasteiger partial charge in [0.05, 0.1) is 12.8 Å². The van der Waals surface area contributed by atoms with Crippen LogP contribution >= 0.6 is 0 Å². The molecule has 0 aliphatic heterocycles. The number of phenols is 1. The monoisotopic (exact) mass is 399 g/mol. The van der Waals surface area contributed by atoms with E-state index in [-0.39, 0.29) is 21.9 Å². The Hall–Kier alpha value is -3.52. The molecule has 0 aliphatic carbocycles. The predicted molar refractivity (Wildman–Crippen MR) is 104 cm³/mol. The topological polar surface area (TPSA) is 113 Å². The highest BCUT2D eigenvalue weighted by Crippen LogP contribution is 2.32. The van der Waals surface area contributed by atoms with Gasteiger partial charge in [0, 0.05) is 6.07 Å². The second kappa shape index (κ2) is 7.61. The third kappa shape index (κ3) is 3.91. The van der Waals surface area contributed by atoms with Gasteiger partial charge in [-0.15, -0.1) is 0 Å². The zero-order valence-electron chi connectivity index (χ0n) is 14.8. The summed E-state index contributed by atoms with van der Waals surface area (Å²) >= 11 is 0. The molecule has 0 aliphatic rings. The molecule has 0 amide bonds. The SMILES string of the molecule is COc1ccc(-c2ccccc2)cc1S(=O)(=O)Nc1ccc(C(=O)O)c(O)c1. The lowest BCUT2D eigenvalue weighted by Gasteiger charge is -2.14. The lowest BCUT2D eigenvalue weighted by molar-refractivity contribution is 0.0694. The summed E-state index contributed by atoms with van der Waals surface area (Å²) in [4.78, 5) is 10.9. The van der Waals surface area contributed by atoms with Crippen molar-refractivity contribution in [1.29, 1.82) is 0 Å². The molecule has 144 valence electrons. The van der Waals surface area contributed by atoms with E-state index in [4.69, 9.17) is 9.84 Å². The fraction of sp³-hybridized carbons (Fsp3) is 0.0500. The maximum atomic E-state index is 12.9. The van der Waals surface area contributed by atoms with Gasteiger partial charge in [0.25, 0.3) is 10.0 Å². The van der Waals surface area contributed by atoms with Gasteiger partial charge in [0.2, 0.25) is 0 Å². The van der Waals surface area contributed by atoms with E-state index in [1.807, 2.05) is 30.3 Å². The molecule has 3 aromatic rings. The molecule has 0 heterocycles. The summed E-state index contributed by atoms with van der Waals surface area (Å²) in [6, 6.07) is 17.5. The highest BCUT2D eigenvalue weighted by Gasteiger charge is 2.21. The molecule has 3 rings (SSSR count). The van der Waals surface area contributed by atoms with Crippen LogP contribution in [0.3, 0.4) is 0 Å². The van der Waals surface area contributed by atoms with Crippen LogP contribution < -0.4 is 9.46 Å². The second-order valence-corrected chi connectivity index (χ2v) is 7.53. The Labute approximate surface area is 161 Å². The third-order valence-corrected chi connectivity index (χ3v) is 5.44. The van der Waals surface area contributed by atoms with Crippen LogP contribution in [-0.2, 0) is 10.0 Å². The average Bonchev–Trinajstić information content (AvgIpc) is 2.67. The van der Waals surface area contributed by atoms with Gasteiger partial charge in [-0.05, 0) is 35.4 Å². The van der Waals surface area contributed by atoms with Crippen molar-refractivity contribution in [1.82, 2.24) is 0 Å². The van der Waals surface area contributed by atoms with Crippen molar-refractivity contribution < 1.29 is 28.2 Å². The van der Waals surface area contributed by atoms with E-state index in [9.17, 15) is 18.3 Å². The molecule has 7 nitrogen and oxygen atoms in total. The van der Waals surface area contributed by atoms with Crippen molar-refractivity contribution in [2.45, 2.75) is 4.90 Å². The second-order valence-electron chi connectivity index (χ2n) is 5.87. The van der Waals surface area contributed by atoms with Crippen LogP contribution in [0.2, 0.25) is 0 Å². The Morgan fingerprint density at radius 1 is 0.964 bits per heavy atom. The molecular weight excluding hydrogens is 382 g/mol. The molecule has 0 saturated heterocycles. The van der Waals surface area contributed by atoms with Crippen LogP contribution in [0.15, 0.2) is 71.6 Å². The Kier molecular flexibility index (Phi) is 5.23. The van der Waals surface area contributed by atoms with Crippen LogP contribution in [0, 0.1) is 0 Å². The van der Waals surface area contributed by atoms with Crippen molar-refractivity contribution >= 4 is 21.7 Å². The Balaban J connectivity index is 2.01. The molecule has 8 heteroatoms. The normalized spacial score (nSPS) is 11.0. The number of hydrogen-bond acceptors (Lipinski definition) is 5. The predicted octanol–water partition coefficient (Wildman–Crippen LogP) is 3.57. The smallest absolute Gasteiger partial charge is 0.339 e. The maximum Gasteiger partial charge on any atom is 0.339 e. The number of hydrogen-bond donors (Lipinski definition) is 3. The molecule has 0 bridgehead atoms. The Morgan fingerprint density at radius 2 is 1.68 bits per heavy atom. The molecule has 0 aromatic heterocycles. The van der Waals surface area contributed by atoms with Gasteiger partial charge in [0.15, 0.2) is 0 Å². The van der Waals surface area contributed by atoms with Gasteiger partial charge in [-0.25, -0.2) is 13.2 Å². The highest BCUT2D eigenvalue weighted by molar-refractivity contribution is 7.92. The first kappa shape index (κ1) is 19.2. The van der Waals surface area contributed by atoms with E-state index in [1.54, 1.807) is 12.1 Å². The quantitative estimate of drug-likeness (QED) is 0.584. The largest absolute Gasteiger partial charge is 0.507 e. The number of carboxylic acids is 1. The Morgan fingerprint density at radius 3 is 2.29 bits per heavy atom. The first-order chi connectivity index (χ1) is 13.3. The number of nitrogens with one attached hydrogen (secondary N) is 1. The number of aromatic carboxylic acids is 1. The van der Waals surface area contributed by atoms with E-state index in [1.165, 1.54) is 19.2 Å². The summed E-state index contributed by atoms with van der Waals surface area (Å²) in [5, 5.41) is 18.7. The van der Waals surface area contributed by atoms with Gasteiger partial charge in [0.1, 0.15) is 22.0 Å². The number of ether oxygens (including phenoxy) is 1.